The van der Waals surface area contributed by atoms with Gasteiger partial charge in [-0.05, 0) is 12.1 Å². The van der Waals surface area contributed by atoms with Crippen molar-refractivity contribution in [2.24, 2.45) is 0 Å². The third kappa shape index (κ3) is 6.41. The molecule has 0 atom stereocenters. The molecule has 0 aliphatic rings. The van der Waals surface area contributed by atoms with Gasteiger partial charge in [-0.2, -0.15) is 26.3 Å². The van der Waals surface area contributed by atoms with Gasteiger partial charge < -0.3 is 9.47 Å². The first-order chi connectivity index (χ1) is 10.5. The Bertz CT molecular complexity index is 562. The van der Waals surface area contributed by atoms with Gasteiger partial charge in [0.2, 0.25) is 0 Å². The van der Waals surface area contributed by atoms with Crippen molar-refractivity contribution in [3.8, 4) is 5.75 Å². The topological polar surface area (TPSA) is 52.6 Å². The lowest BCUT2D eigenvalue weighted by Gasteiger charge is -2.22. The van der Waals surface area contributed by atoms with Crippen LogP contribution < -0.4 is 4.74 Å². The van der Waals surface area contributed by atoms with Crippen LogP contribution in [0.4, 0.5) is 26.3 Å². The van der Waals surface area contributed by atoms with Crippen LogP contribution in [0.3, 0.4) is 0 Å². The molecule has 10 heteroatoms. The van der Waals surface area contributed by atoms with Crippen LogP contribution in [-0.4, -0.2) is 30.4 Å². The first-order valence-electron chi connectivity index (χ1n) is 5.79. The summed E-state index contributed by atoms with van der Waals surface area (Å²) < 4.78 is 80.8. The number of rotatable bonds is 4. The summed E-state index contributed by atoms with van der Waals surface area (Å²) in [6.07, 6.45) is -15.5. The van der Waals surface area contributed by atoms with Gasteiger partial charge in [-0.25, -0.2) is 9.59 Å². The maximum absolute atomic E-state index is 12.1. The molecule has 0 spiro atoms. The molecule has 0 saturated heterocycles. The summed E-state index contributed by atoms with van der Waals surface area (Å²) in [6, 6.07) is 7.37. The summed E-state index contributed by atoms with van der Waals surface area (Å²) in [5, 5.41) is 0. The Morgan fingerprint density at radius 1 is 0.870 bits per heavy atom. The van der Waals surface area contributed by atoms with Crippen LogP contribution in [0.25, 0.3) is 0 Å². The van der Waals surface area contributed by atoms with E-state index in [0.717, 1.165) is 0 Å². The highest BCUT2D eigenvalue weighted by Crippen LogP contribution is 2.35. The monoisotopic (exact) mass is 342 g/mol. The maximum Gasteiger partial charge on any atom is 0.434 e. The van der Waals surface area contributed by atoms with Crippen molar-refractivity contribution < 1.29 is 45.4 Å². The highest BCUT2D eigenvalue weighted by atomic mass is 19.4. The lowest BCUT2D eigenvalue weighted by Crippen LogP contribution is -2.45. The van der Waals surface area contributed by atoms with Gasteiger partial charge in [-0.15, -0.1) is 0 Å². The summed E-state index contributed by atoms with van der Waals surface area (Å²) in [6.45, 7) is 0. The van der Waals surface area contributed by atoms with Crippen LogP contribution in [0.2, 0.25) is 0 Å². The number of benzene rings is 1. The highest BCUT2D eigenvalue weighted by molar-refractivity contribution is 5.92. The Labute approximate surface area is 125 Å². The Hall–Kier alpha value is -2.52. The molecule has 4 nitrogen and oxygen atoms in total. The number of carbonyl (C=O) groups is 2. The van der Waals surface area contributed by atoms with Gasteiger partial charge in [-0.1, -0.05) is 18.2 Å². The minimum atomic E-state index is -5.83. The van der Waals surface area contributed by atoms with E-state index in [-0.39, 0.29) is 11.8 Å². The van der Waals surface area contributed by atoms with E-state index in [2.05, 4.69) is 9.47 Å². The number of para-hydroxylation sites is 1. The molecule has 0 aliphatic carbocycles. The van der Waals surface area contributed by atoms with Gasteiger partial charge in [0, 0.05) is 12.2 Å². The van der Waals surface area contributed by atoms with E-state index in [0.29, 0.717) is 6.08 Å². The molecule has 0 N–H and O–H groups in total. The zero-order chi connectivity index (χ0) is 17.7. The Balaban J connectivity index is 2.66. The third-order valence-corrected chi connectivity index (χ3v) is 2.15. The van der Waals surface area contributed by atoms with E-state index in [1.165, 1.54) is 24.3 Å². The third-order valence-electron chi connectivity index (χ3n) is 2.15. The fraction of sp³-hybridized carbons (Fsp3) is 0.231. The van der Waals surface area contributed by atoms with Gasteiger partial charge >= 0.3 is 24.3 Å². The minimum Gasteiger partial charge on any atom is -0.440 e. The molecule has 0 unspecified atom stereocenters. The van der Waals surface area contributed by atoms with Crippen molar-refractivity contribution >= 4 is 11.9 Å². The zero-order valence-electron chi connectivity index (χ0n) is 11.0. The zero-order valence-corrected chi connectivity index (χ0v) is 11.0. The fourth-order valence-electron chi connectivity index (χ4n) is 1.25. The fourth-order valence-corrected chi connectivity index (χ4v) is 1.25. The SMILES string of the molecule is O=C(/C=C/C(=O)OC(C(F)(F)F)C(F)(F)F)Oc1ccccc1. The molecule has 0 radical (unpaired) electrons. The van der Waals surface area contributed by atoms with E-state index in [1.54, 1.807) is 6.07 Å². The molecule has 0 bridgehead atoms. The van der Waals surface area contributed by atoms with Gasteiger partial charge in [0.1, 0.15) is 5.75 Å². The van der Waals surface area contributed by atoms with Crippen molar-refractivity contribution in [2.45, 2.75) is 18.5 Å². The molecule has 0 heterocycles. The largest absolute Gasteiger partial charge is 0.440 e. The number of halogens is 6. The summed E-state index contributed by atoms with van der Waals surface area (Å²) in [5.41, 5.74) is 0. The lowest BCUT2D eigenvalue weighted by atomic mass is 10.3. The molecule has 0 fully saturated rings. The van der Waals surface area contributed by atoms with Crippen LogP contribution >= 0.6 is 0 Å². The second kappa shape index (κ2) is 7.16. The second-order valence-corrected chi connectivity index (χ2v) is 3.97. The quantitative estimate of drug-likeness (QED) is 0.365. The molecular formula is C13H8F6O4. The Kier molecular flexibility index (Phi) is 5.77. The number of alkyl halides is 6. The smallest absolute Gasteiger partial charge is 0.434 e. The van der Waals surface area contributed by atoms with Crippen LogP contribution in [0.15, 0.2) is 42.5 Å². The number of esters is 2. The summed E-state index contributed by atoms with van der Waals surface area (Å²) in [5.74, 6) is -3.10. The van der Waals surface area contributed by atoms with Crippen LogP contribution in [0, 0.1) is 0 Å². The van der Waals surface area contributed by atoms with Gasteiger partial charge in [0.25, 0.3) is 6.10 Å². The van der Waals surface area contributed by atoms with E-state index < -0.39 is 30.4 Å². The first-order valence-corrected chi connectivity index (χ1v) is 5.79. The number of hydrogen-bond acceptors (Lipinski definition) is 4. The van der Waals surface area contributed by atoms with Gasteiger partial charge in [-0.3, -0.25) is 0 Å². The highest BCUT2D eigenvalue weighted by Gasteiger charge is 2.59. The first kappa shape index (κ1) is 18.5. The molecule has 1 aromatic rings. The average Bonchev–Trinajstić information content (AvgIpc) is 2.41. The van der Waals surface area contributed by atoms with Crippen molar-refractivity contribution in [3.63, 3.8) is 0 Å². The summed E-state index contributed by atoms with van der Waals surface area (Å²) >= 11 is 0. The summed E-state index contributed by atoms with van der Waals surface area (Å²) in [4.78, 5) is 22.2. The second-order valence-electron chi connectivity index (χ2n) is 3.97. The number of carbonyl (C=O) groups excluding carboxylic acids is 2. The van der Waals surface area contributed by atoms with Crippen LogP contribution in [-0.2, 0) is 14.3 Å². The number of ether oxygens (including phenoxy) is 2. The predicted molar refractivity (Wildman–Crippen MR) is 63.2 cm³/mol. The van der Waals surface area contributed by atoms with Gasteiger partial charge in [0.15, 0.2) is 0 Å². The molecule has 1 rings (SSSR count). The molecule has 0 amide bonds. The average molecular weight is 342 g/mol. The van der Waals surface area contributed by atoms with Crippen molar-refractivity contribution in [2.75, 3.05) is 0 Å². The van der Waals surface area contributed by atoms with E-state index in [1.807, 2.05) is 0 Å². The molecular weight excluding hydrogens is 334 g/mol. The Morgan fingerprint density at radius 3 is 1.83 bits per heavy atom. The minimum absolute atomic E-state index is 0.0685. The predicted octanol–water partition coefficient (Wildman–Crippen LogP) is 3.18. The lowest BCUT2D eigenvalue weighted by molar-refractivity contribution is -0.312. The molecule has 0 saturated carbocycles. The van der Waals surface area contributed by atoms with Crippen molar-refractivity contribution in [1.82, 2.24) is 0 Å². The molecule has 0 aromatic heterocycles. The normalized spacial score (nSPS) is 12.5. The number of hydrogen-bond donors (Lipinski definition) is 0. The van der Waals surface area contributed by atoms with Crippen LogP contribution in [0.5, 0.6) is 5.75 Å². The van der Waals surface area contributed by atoms with E-state index >= 15 is 0 Å². The standard InChI is InChI=1S/C13H8F6O4/c14-12(15,16)11(13(17,18)19)23-10(21)7-6-9(20)22-8-4-2-1-3-5-8/h1-7,11H/b7-6+. The molecule has 0 aliphatic heterocycles. The molecule has 23 heavy (non-hydrogen) atoms. The molecule has 126 valence electrons. The van der Waals surface area contributed by atoms with E-state index in [4.69, 9.17) is 0 Å². The van der Waals surface area contributed by atoms with Crippen molar-refractivity contribution in [3.05, 3.63) is 42.5 Å². The van der Waals surface area contributed by atoms with Crippen molar-refractivity contribution in [1.29, 1.82) is 0 Å². The van der Waals surface area contributed by atoms with Crippen LogP contribution in [0.1, 0.15) is 0 Å². The molecule has 1 aromatic carbocycles. The van der Waals surface area contributed by atoms with E-state index in [9.17, 15) is 35.9 Å². The summed E-state index contributed by atoms with van der Waals surface area (Å²) in [7, 11) is 0. The maximum atomic E-state index is 12.1. The Morgan fingerprint density at radius 2 is 1.35 bits per heavy atom. The van der Waals surface area contributed by atoms with Gasteiger partial charge in [0.05, 0.1) is 0 Å².